The summed E-state index contributed by atoms with van der Waals surface area (Å²) in [5.74, 6) is -0.0799. The van der Waals surface area contributed by atoms with Gasteiger partial charge in [-0.05, 0) is 5.56 Å². The van der Waals surface area contributed by atoms with Crippen LogP contribution in [0.15, 0.2) is 40.8 Å². The molecule has 3 heterocycles. The minimum absolute atomic E-state index is 0.0137. The highest BCUT2D eigenvalue weighted by atomic mass is 16.6. The molecule has 2 unspecified atom stereocenters. The Morgan fingerprint density at radius 2 is 2.10 bits per heavy atom. The van der Waals surface area contributed by atoms with Crippen molar-refractivity contribution in [2.75, 3.05) is 12.3 Å². The minimum atomic E-state index is -1.33. The van der Waals surface area contributed by atoms with Crippen molar-refractivity contribution in [3.8, 4) is 0 Å². The average molecular weight is 430 g/mol. The third kappa shape index (κ3) is 3.91. The fourth-order valence-electron chi connectivity index (χ4n) is 3.22. The van der Waals surface area contributed by atoms with Crippen molar-refractivity contribution in [1.82, 2.24) is 19.5 Å². The minimum Gasteiger partial charge on any atom is -0.394 e. The molecule has 0 saturated carbocycles. The number of azo groups is 1. The molecule has 1 aromatic carbocycles. The van der Waals surface area contributed by atoms with Gasteiger partial charge in [0.1, 0.15) is 23.8 Å². The molecule has 14 heteroatoms. The van der Waals surface area contributed by atoms with Crippen LogP contribution in [-0.4, -0.2) is 64.7 Å². The average Bonchev–Trinajstić information content (AvgIpc) is 3.30. The Hall–Kier alpha value is -3.59. The molecule has 0 radical (unpaired) electrons. The van der Waals surface area contributed by atoms with Gasteiger partial charge in [0.15, 0.2) is 17.7 Å². The SMILES string of the molecule is Nc1nc(N=NCc2cccc([N+](=O)[O-])c2)nc2c1ncn2[C@@H]1O[C@H](CO)C(O)C1O. The van der Waals surface area contributed by atoms with Gasteiger partial charge < -0.3 is 25.8 Å². The molecular weight excluding hydrogens is 412 g/mol. The van der Waals surface area contributed by atoms with Gasteiger partial charge in [-0.15, -0.1) is 5.11 Å². The number of nitro groups is 1. The number of nitrogens with two attached hydrogens (primary N) is 1. The van der Waals surface area contributed by atoms with E-state index in [1.54, 1.807) is 12.1 Å². The van der Waals surface area contributed by atoms with Gasteiger partial charge in [0, 0.05) is 12.1 Å². The molecular formula is C17H18N8O6. The lowest BCUT2D eigenvalue weighted by molar-refractivity contribution is -0.384. The topological polar surface area (TPSA) is 207 Å². The van der Waals surface area contributed by atoms with Crippen LogP contribution in [-0.2, 0) is 11.3 Å². The number of nitro benzene ring substituents is 1. The number of ether oxygens (including phenoxy) is 1. The van der Waals surface area contributed by atoms with Gasteiger partial charge in [-0.1, -0.05) is 12.1 Å². The van der Waals surface area contributed by atoms with Gasteiger partial charge in [0.2, 0.25) is 0 Å². The molecule has 0 aliphatic carbocycles. The Labute approximate surface area is 173 Å². The van der Waals surface area contributed by atoms with Crippen LogP contribution in [0.4, 0.5) is 17.5 Å². The van der Waals surface area contributed by atoms with Crippen molar-refractivity contribution >= 4 is 28.6 Å². The summed E-state index contributed by atoms with van der Waals surface area (Å²) in [7, 11) is 0. The molecule has 3 aromatic rings. The Balaban J connectivity index is 1.60. The summed E-state index contributed by atoms with van der Waals surface area (Å²) in [5.41, 5.74) is 6.86. The number of imidazole rings is 1. The van der Waals surface area contributed by atoms with Crippen LogP contribution in [0.2, 0.25) is 0 Å². The quantitative estimate of drug-likeness (QED) is 0.237. The van der Waals surface area contributed by atoms with Crippen molar-refractivity contribution in [3.05, 3.63) is 46.3 Å². The van der Waals surface area contributed by atoms with E-state index in [0.29, 0.717) is 5.56 Å². The van der Waals surface area contributed by atoms with Gasteiger partial charge in [-0.3, -0.25) is 14.7 Å². The lowest BCUT2D eigenvalue weighted by Crippen LogP contribution is -2.33. The Kier molecular flexibility index (Phi) is 5.51. The predicted molar refractivity (Wildman–Crippen MR) is 104 cm³/mol. The van der Waals surface area contributed by atoms with Gasteiger partial charge in [-0.25, -0.2) is 4.98 Å². The van der Waals surface area contributed by atoms with Crippen LogP contribution in [0.25, 0.3) is 11.2 Å². The van der Waals surface area contributed by atoms with Gasteiger partial charge in [-0.2, -0.15) is 15.1 Å². The molecule has 162 valence electrons. The molecule has 0 amide bonds. The highest BCUT2D eigenvalue weighted by Gasteiger charge is 2.44. The smallest absolute Gasteiger partial charge is 0.272 e. The fourth-order valence-corrected chi connectivity index (χ4v) is 3.22. The van der Waals surface area contributed by atoms with Crippen molar-refractivity contribution in [1.29, 1.82) is 0 Å². The first-order valence-corrected chi connectivity index (χ1v) is 9.12. The predicted octanol–water partition coefficient (Wildman–Crippen LogP) is 0.212. The standard InChI is InChI=1S/C17H18N8O6/c18-14-11-15(24(7-19-11)16-13(28)12(27)10(6-26)31-16)22-17(21-14)23-20-5-8-2-1-3-9(4-8)25(29)30/h1-4,7,10,12-13,16,26-28H,5-6H2,(H2,18,21,22)/t10-,12?,13?,16-/m1/s1. The van der Waals surface area contributed by atoms with E-state index in [-0.39, 0.29) is 35.2 Å². The van der Waals surface area contributed by atoms with Crippen molar-refractivity contribution in [2.24, 2.45) is 10.2 Å². The molecule has 31 heavy (non-hydrogen) atoms. The molecule has 1 aliphatic heterocycles. The highest BCUT2D eigenvalue weighted by Crippen LogP contribution is 2.32. The molecule has 2 aromatic heterocycles. The van der Waals surface area contributed by atoms with E-state index in [4.69, 9.17) is 10.5 Å². The number of nitrogens with zero attached hydrogens (tertiary/aromatic N) is 7. The third-order valence-electron chi connectivity index (χ3n) is 4.76. The zero-order chi connectivity index (χ0) is 22.1. The second-order valence-corrected chi connectivity index (χ2v) is 6.79. The number of anilines is 1. The lowest BCUT2D eigenvalue weighted by Gasteiger charge is -2.16. The van der Waals surface area contributed by atoms with Gasteiger partial charge >= 0.3 is 0 Å². The monoisotopic (exact) mass is 430 g/mol. The fraction of sp³-hybridized carbons (Fsp3) is 0.353. The van der Waals surface area contributed by atoms with E-state index < -0.39 is 36.1 Å². The zero-order valence-electron chi connectivity index (χ0n) is 15.9. The van der Waals surface area contributed by atoms with E-state index in [1.165, 1.54) is 23.0 Å². The van der Waals surface area contributed by atoms with E-state index >= 15 is 0 Å². The second-order valence-electron chi connectivity index (χ2n) is 6.79. The summed E-state index contributed by atoms with van der Waals surface area (Å²) in [6.07, 6.45) is -3.32. The number of fused-ring (bicyclic) bond motifs is 1. The van der Waals surface area contributed by atoms with Gasteiger partial charge in [0.25, 0.3) is 11.6 Å². The maximum Gasteiger partial charge on any atom is 0.272 e. The molecule has 5 N–H and O–H groups in total. The first-order valence-electron chi connectivity index (χ1n) is 9.12. The Morgan fingerprint density at radius 1 is 1.29 bits per heavy atom. The number of hydrogen-bond acceptors (Lipinski definition) is 12. The summed E-state index contributed by atoms with van der Waals surface area (Å²) < 4.78 is 6.86. The molecule has 1 aliphatic rings. The Bertz CT molecular complexity index is 1150. The van der Waals surface area contributed by atoms with E-state index in [2.05, 4.69) is 25.2 Å². The zero-order valence-corrected chi connectivity index (χ0v) is 15.9. The van der Waals surface area contributed by atoms with Crippen LogP contribution in [0.5, 0.6) is 0 Å². The maximum absolute atomic E-state index is 10.9. The molecule has 0 bridgehead atoms. The number of aliphatic hydroxyl groups is 3. The Morgan fingerprint density at radius 3 is 2.81 bits per heavy atom. The van der Waals surface area contributed by atoms with Crippen molar-refractivity contribution in [2.45, 2.75) is 31.1 Å². The highest BCUT2D eigenvalue weighted by molar-refractivity contribution is 5.82. The third-order valence-corrected chi connectivity index (χ3v) is 4.76. The van der Waals surface area contributed by atoms with Crippen molar-refractivity contribution in [3.63, 3.8) is 0 Å². The number of aromatic nitrogens is 4. The number of nitrogen functional groups attached to an aromatic ring is 1. The number of aliphatic hydroxyl groups excluding tert-OH is 3. The van der Waals surface area contributed by atoms with E-state index in [0.717, 1.165) is 0 Å². The van der Waals surface area contributed by atoms with Crippen LogP contribution < -0.4 is 5.73 Å². The lowest BCUT2D eigenvalue weighted by atomic mass is 10.1. The van der Waals surface area contributed by atoms with Crippen LogP contribution in [0.3, 0.4) is 0 Å². The van der Waals surface area contributed by atoms with Crippen LogP contribution in [0, 0.1) is 10.1 Å². The van der Waals surface area contributed by atoms with Crippen LogP contribution >= 0.6 is 0 Å². The largest absolute Gasteiger partial charge is 0.394 e. The number of rotatable bonds is 6. The molecule has 1 fully saturated rings. The summed E-state index contributed by atoms with van der Waals surface area (Å²) >= 11 is 0. The first-order chi connectivity index (χ1) is 14.9. The second kappa shape index (κ2) is 8.27. The molecule has 4 rings (SSSR count). The summed E-state index contributed by atoms with van der Waals surface area (Å²) in [4.78, 5) is 22.7. The molecule has 14 nitrogen and oxygen atoms in total. The number of benzene rings is 1. The maximum atomic E-state index is 10.9. The molecule has 4 atom stereocenters. The number of hydrogen-bond donors (Lipinski definition) is 4. The summed E-state index contributed by atoms with van der Waals surface area (Å²) in [5, 5.41) is 48.3. The van der Waals surface area contributed by atoms with Gasteiger partial charge in [0.05, 0.1) is 24.4 Å². The van der Waals surface area contributed by atoms with E-state index in [9.17, 15) is 25.4 Å². The van der Waals surface area contributed by atoms with Crippen molar-refractivity contribution < 1.29 is 25.0 Å². The molecule has 0 spiro atoms. The van der Waals surface area contributed by atoms with E-state index in [1.807, 2.05) is 0 Å². The number of non-ortho nitro benzene ring substituents is 1. The first kappa shape index (κ1) is 20.7. The molecule has 1 saturated heterocycles. The summed E-state index contributed by atoms with van der Waals surface area (Å²) in [6.45, 7) is -0.424. The summed E-state index contributed by atoms with van der Waals surface area (Å²) in [6, 6.07) is 5.97. The van der Waals surface area contributed by atoms with Crippen LogP contribution in [0.1, 0.15) is 11.8 Å². The normalized spacial score (nSPS) is 23.7.